The first-order valence-corrected chi connectivity index (χ1v) is 21.4. The monoisotopic (exact) mass is 828 g/mol. The van der Waals surface area contributed by atoms with E-state index in [0.717, 1.165) is 53.9 Å². The van der Waals surface area contributed by atoms with Crippen LogP contribution in [0.1, 0.15) is 165 Å². The van der Waals surface area contributed by atoms with Crippen LogP contribution in [0.5, 0.6) is 0 Å². The molecule has 0 aliphatic heterocycles. The van der Waals surface area contributed by atoms with E-state index in [1.807, 2.05) is 89.3 Å². The van der Waals surface area contributed by atoms with Crippen LogP contribution in [-0.4, -0.2) is 51.3 Å². The highest BCUT2D eigenvalue weighted by atomic mass is 35.5. The first kappa shape index (κ1) is 56.3. The predicted octanol–water partition coefficient (Wildman–Crippen LogP) is 11.1. The fourth-order valence-corrected chi connectivity index (χ4v) is 6.83. The number of nitrogens with two attached hydrogens (primary N) is 1. The molecule has 4 N–H and O–H groups in total. The molecule has 9 nitrogen and oxygen atoms in total. The summed E-state index contributed by atoms with van der Waals surface area (Å²) in [5.41, 5.74) is 9.42. The number of allylic oxidation sites excluding steroid dienone is 1. The minimum Gasteiger partial charge on any atom is -0.405 e. The smallest absolute Gasteiger partial charge is 0.223 e. The van der Waals surface area contributed by atoms with E-state index in [9.17, 15) is 14.0 Å². The molecule has 0 spiro atoms. The molecule has 2 aromatic rings. The third-order valence-electron chi connectivity index (χ3n) is 9.76. The Labute approximate surface area is 357 Å². The number of hydrogen-bond acceptors (Lipinski definition) is 7. The molecule has 4 atom stereocenters. The van der Waals surface area contributed by atoms with Gasteiger partial charge in [-0.15, -0.1) is 12.8 Å². The molecule has 328 valence electrons. The number of Topliss-reactive ketones (excluding diaryl/α,β-unsaturated/α-hetero) is 1. The van der Waals surface area contributed by atoms with Crippen molar-refractivity contribution in [2.24, 2.45) is 28.0 Å². The van der Waals surface area contributed by atoms with Crippen molar-refractivity contribution in [2.45, 2.75) is 167 Å². The third-order valence-corrected chi connectivity index (χ3v) is 9.97. The lowest BCUT2D eigenvalue weighted by Crippen LogP contribution is -2.49. The second-order valence-corrected chi connectivity index (χ2v) is 16.3. The van der Waals surface area contributed by atoms with Crippen LogP contribution in [0.25, 0.3) is 5.57 Å². The van der Waals surface area contributed by atoms with Crippen molar-refractivity contribution in [1.29, 1.82) is 0 Å². The van der Waals surface area contributed by atoms with Crippen molar-refractivity contribution < 1.29 is 14.0 Å². The van der Waals surface area contributed by atoms with Crippen LogP contribution in [0.3, 0.4) is 0 Å². The van der Waals surface area contributed by atoms with Crippen LogP contribution in [0.4, 0.5) is 4.39 Å². The normalized spacial score (nSPS) is 17.2. The summed E-state index contributed by atoms with van der Waals surface area (Å²) >= 11 is 5.93. The Morgan fingerprint density at radius 2 is 1.69 bits per heavy atom. The molecule has 58 heavy (non-hydrogen) atoms. The standard InChI is InChI=1S/C24H41FN6O.C17H24ClNO.2C2H6.C2H2/c1-16(2)28-13-18(4)20-11-21(24(7,8)25)30-31(20)15-23(5,6)29-22(32)17(3)10-19(12-26)14-27-9;1-5-9-17(16(20)11(3)6-2)10-14(17)13-7-8-15(18)19-12(13)4;3*1-2/h11-13,17,27H,10,14-15,26H2,1-9H3,(H,29,32);7-8,11,14H,5-6,9-10H2,1-4H3;2*1-2H3;1-2H/b18-13+,19-12-;;;;. The van der Waals surface area contributed by atoms with Gasteiger partial charge in [-0.25, -0.2) is 9.37 Å². The van der Waals surface area contributed by atoms with Crippen LogP contribution in [-0.2, 0) is 21.8 Å². The molecule has 3 rings (SSSR count). The van der Waals surface area contributed by atoms with E-state index in [2.05, 4.69) is 65.4 Å². The maximum absolute atomic E-state index is 14.6. The van der Waals surface area contributed by atoms with E-state index in [4.69, 9.17) is 17.3 Å². The Kier molecular flexibility index (Phi) is 26.2. The second-order valence-electron chi connectivity index (χ2n) is 15.9. The molecule has 0 aromatic carbocycles. The molecule has 1 aliphatic rings. The Hall–Kier alpha value is -3.81. The van der Waals surface area contributed by atoms with Gasteiger partial charge in [0.1, 0.15) is 16.6 Å². The number of carbonyl (C=O) groups is 2. The van der Waals surface area contributed by atoms with Gasteiger partial charge in [0.05, 0.1) is 23.5 Å². The zero-order chi connectivity index (χ0) is 45.6. The summed E-state index contributed by atoms with van der Waals surface area (Å²) in [7, 11) is 1.84. The molecule has 1 saturated carbocycles. The number of carbonyl (C=O) groups excluding carboxylic acids is 2. The summed E-state index contributed by atoms with van der Waals surface area (Å²) in [5, 5.41) is 11.2. The van der Waals surface area contributed by atoms with Crippen LogP contribution >= 0.6 is 11.6 Å². The van der Waals surface area contributed by atoms with Crippen LogP contribution in [0, 0.1) is 37.0 Å². The lowest BCUT2D eigenvalue weighted by atomic mass is 9.83. The highest BCUT2D eigenvalue weighted by Gasteiger charge is 2.60. The number of rotatable bonds is 17. The summed E-state index contributed by atoms with van der Waals surface area (Å²) in [6, 6.07) is 5.65. The number of hydrogen-bond donors (Lipinski definition) is 3. The molecule has 4 unspecified atom stereocenters. The van der Waals surface area contributed by atoms with E-state index in [1.165, 1.54) is 19.4 Å². The van der Waals surface area contributed by atoms with Crippen molar-refractivity contribution in [3.05, 3.63) is 64.0 Å². The number of amides is 1. The molecule has 11 heteroatoms. The molecule has 1 aliphatic carbocycles. The lowest BCUT2D eigenvalue weighted by molar-refractivity contribution is -0.128. The Balaban J connectivity index is 0. The number of alkyl halides is 1. The third kappa shape index (κ3) is 17.6. The Morgan fingerprint density at radius 1 is 1.10 bits per heavy atom. The van der Waals surface area contributed by atoms with E-state index in [-0.39, 0.29) is 23.2 Å². The van der Waals surface area contributed by atoms with Gasteiger partial charge in [0, 0.05) is 41.4 Å². The molecule has 0 saturated heterocycles. The number of nitrogens with one attached hydrogen (secondary N) is 2. The van der Waals surface area contributed by atoms with Crippen LogP contribution < -0.4 is 16.4 Å². The fourth-order valence-electron chi connectivity index (χ4n) is 6.64. The zero-order valence-corrected chi connectivity index (χ0v) is 39.9. The largest absolute Gasteiger partial charge is 0.405 e. The molecular weight excluding hydrogens is 749 g/mol. The molecular formula is C47H79ClFN7O2. The number of terminal acetylenes is 1. The van der Waals surface area contributed by atoms with Crippen molar-refractivity contribution >= 4 is 34.6 Å². The minimum atomic E-state index is -1.58. The SMILES string of the molecule is C#C.CC.CC.CCCC1(C(=O)C(C)CC)CC1c1ccc(Cl)nc1C.CNC/C(=C\N)CC(C)C(=O)NC(C)(C)Cn1nc(C(C)(C)F)cc1/C(C)=C/N=C(C)C. The van der Waals surface area contributed by atoms with Gasteiger partial charge in [-0.3, -0.25) is 19.3 Å². The Morgan fingerprint density at radius 3 is 2.16 bits per heavy atom. The summed E-state index contributed by atoms with van der Waals surface area (Å²) in [4.78, 5) is 34.3. The van der Waals surface area contributed by atoms with E-state index in [1.54, 1.807) is 23.1 Å². The maximum atomic E-state index is 14.6. The van der Waals surface area contributed by atoms with Gasteiger partial charge in [0.2, 0.25) is 5.91 Å². The zero-order valence-electron chi connectivity index (χ0n) is 39.2. The second kappa shape index (κ2) is 27.0. The van der Waals surface area contributed by atoms with Crippen LogP contribution in [0.2, 0.25) is 5.15 Å². The first-order chi connectivity index (χ1) is 27.2. The molecule has 0 bridgehead atoms. The van der Waals surface area contributed by atoms with Gasteiger partial charge < -0.3 is 16.4 Å². The highest BCUT2D eigenvalue weighted by Crippen LogP contribution is 2.64. The average Bonchev–Trinajstić information content (AvgIpc) is 3.74. The quantitative estimate of drug-likeness (QED) is 0.0828. The summed E-state index contributed by atoms with van der Waals surface area (Å²) < 4.78 is 16.4. The predicted molar refractivity (Wildman–Crippen MR) is 247 cm³/mol. The number of pyridine rings is 1. The summed E-state index contributed by atoms with van der Waals surface area (Å²) in [5.74, 6) is 0.643. The number of aliphatic imine (C=N–C) groups is 1. The average molecular weight is 829 g/mol. The number of halogens is 2. The fraction of sp³-hybridized carbons (Fsp3) is 0.638. The first-order valence-electron chi connectivity index (χ1n) is 21.0. The van der Waals surface area contributed by atoms with E-state index < -0.39 is 11.2 Å². The lowest BCUT2D eigenvalue weighted by Gasteiger charge is -2.29. The molecule has 2 heterocycles. The molecule has 0 radical (unpaired) electrons. The van der Waals surface area contributed by atoms with Gasteiger partial charge in [0.25, 0.3) is 0 Å². The number of likely N-dealkylation sites (N-methyl/N-ethyl adjacent to an activating group) is 1. The van der Waals surface area contributed by atoms with Gasteiger partial charge in [-0.05, 0) is 129 Å². The van der Waals surface area contributed by atoms with Crippen molar-refractivity contribution in [2.75, 3.05) is 13.6 Å². The Bertz CT molecular complexity index is 1660. The van der Waals surface area contributed by atoms with Gasteiger partial charge in [-0.2, -0.15) is 5.10 Å². The van der Waals surface area contributed by atoms with Crippen molar-refractivity contribution in [3.63, 3.8) is 0 Å². The van der Waals surface area contributed by atoms with E-state index in [0.29, 0.717) is 42.1 Å². The van der Waals surface area contributed by atoms with Crippen molar-refractivity contribution in [1.82, 2.24) is 25.4 Å². The number of aromatic nitrogens is 3. The van der Waals surface area contributed by atoms with Gasteiger partial charge >= 0.3 is 0 Å². The van der Waals surface area contributed by atoms with Gasteiger partial charge in [0.15, 0.2) is 0 Å². The number of nitrogens with zero attached hydrogens (tertiary/aromatic N) is 4. The van der Waals surface area contributed by atoms with Crippen LogP contribution in [0.15, 0.2) is 41.2 Å². The summed E-state index contributed by atoms with van der Waals surface area (Å²) in [6.45, 7) is 31.8. The molecule has 2 aromatic heterocycles. The summed E-state index contributed by atoms with van der Waals surface area (Å²) in [6.07, 6.45) is 15.8. The minimum absolute atomic E-state index is 0.0660. The highest BCUT2D eigenvalue weighted by molar-refractivity contribution is 6.29. The van der Waals surface area contributed by atoms with E-state index >= 15 is 0 Å². The number of aryl methyl sites for hydroxylation is 1. The molecule has 1 fully saturated rings. The number of ketones is 1. The molecule has 1 amide bonds. The topological polar surface area (TPSA) is 127 Å². The maximum Gasteiger partial charge on any atom is 0.223 e. The van der Waals surface area contributed by atoms with Gasteiger partial charge in [-0.1, -0.05) is 79.5 Å². The van der Waals surface area contributed by atoms with Crippen molar-refractivity contribution in [3.8, 4) is 12.8 Å².